The maximum absolute atomic E-state index is 5.79. The van der Waals surface area contributed by atoms with Gasteiger partial charge in [-0.15, -0.1) is 0 Å². The molecule has 0 radical (unpaired) electrons. The molecule has 2 aromatic heterocycles. The first-order valence-corrected chi connectivity index (χ1v) is 7.73. The van der Waals surface area contributed by atoms with E-state index in [1.54, 1.807) is 0 Å². The molecule has 1 saturated heterocycles. The van der Waals surface area contributed by atoms with Gasteiger partial charge in [-0.2, -0.15) is 0 Å². The van der Waals surface area contributed by atoms with E-state index < -0.39 is 0 Å². The predicted octanol–water partition coefficient (Wildman–Crippen LogP) is 1.89. The van der Waals surface area contributed by atoms with E-state index in [0.29, 0.717) is 0 Å². The molecule has 3 heterocycles. The molecule has 5 nitrogen and oxygen atoms in total. The van der Waals surface area contributed by atoms with Crippen LogP contribution in [0.25, 0.3) is 0 Å². The van der Waals surface area contributed by atoms with Crippen LogP contribution >= 0.6 is 0 Å². The molecule has 1 aliphatic heterocycles. The van der Waals surface area contributed by atoms with Crippen LogP contribution in [0.2, 0.25) is 0 Å². The standard InChI is InChI=1S/C16H24N4O/c1-3-14-4-5-15(21-14)12-19-8-10-20(11-9-19)13-16-17-6-7-18(16)2/h4-7H,3,8-13H2,1-2H3. The smallest absolute Gasteiger partial charge is 0.122 e. The van der Waals surface area contributed by atoms with Crippen molar-refractivity contribution in [1.82, 2.24) is 19.4 Å². The summed E-state index contributed by atoms with van der Waals surface area (Å²) < 4.78 is 7.89. The predicted molar refractivity (Wildman–Crippen MR) is 81.8 cm³/mol. The van der Waals surface area contributed by atoms with Crippen molar-refractivity contribution in [3.05, 3.63) is 41.9 Å². The van der Waals surface area contributed by atoms with Gasteiger partial charge in [0.25, 0.3) is 0 Å². The lowest BCUT2D eigenvalue weighted by atomic mass is 10.3. The van der Waals surface area contributed by atoms with Gasteiger partial charge in [0.1, 0.15) is 17.3 Å². The van der Waals surface area contributed by atoms with Gasteiger partial charge in [-0.25, -0.2) is 4.98 Å². The molecule has 0 aromatic carbocycles. The van der Waals surface area contributed by atoms with Gasteiger partial charge >= 0.3 is 0 Å². The van der Waals surface area contributed by atoms with Gasteiger partial charge in [-0.1, -0.05) is 6.92 Å². The molecule has 21 heavy (non-hydrogen) atoms. The highest BCUT2D eigenvalue weighted by atomic mass is 16.3. The van der Waals surface area contributed by atoms with E-state index >= 15 is 0 Å². The number of aromatic nitrogens is 2. The maximum atomic E-state index is 5.79. The number of piperazine rings is 1. The van der Waals surface area contributed by atoms with E-state index in [4.69, 9.17) is 4.42 Å². The van der Waals surface area contributed by atoms with E-state index in [1.165, 1.54) is 0 Å². The Morgan fingerprint density at radius 2 is 1.71 bits per heavy atom. The molecule has 0 bridgehead atoms. The van der Waals surface area contributed by atoms with Crippen LogP contribution in [0.15, 0.2) is 28.9 Å². The average Bonchev–Trinajstić information content (AvgIpc) is 3.11. The highest BCUT2D eigenvalue weighted by molar-refractivity contribution is 5.07. The fourth-order valence-electron chi connectivity index (χ4n) is 2.77. The van der Waals surface area contributed by atoms with Gasteiger partial charge in [0, 0.05) is 52.0 Å². The van der Waals surface area contributed by atoms with Crippen LogP contribution < -0.4 is 0 Å². The Morgan fingerprint density at radius 3 is 2.29 bits per heavy atom. The fourth-order valence-corrected chi connectivity index (χ4v) is 2.77. The third-order valence-electron chi connectivity index (χ3n) is 4.20. The molecule has 0 aliphatic carbocycles. The molecule has 2 aromatic rings. The third-order valence-corrected chi connectivity index (χ3v) is 4.20. The zero-order chi connectivity index (χ0) is 14.7. The van der Waals surface area contributed by atoms with Crippen molar-refractivity contribution < 1.29 is 4.42 Å². The zero-order valence-electron chi connectivity index (χ0n) is 13.0. The van der Waals surface area contributed by atoms with Crippen molar-refractivity contribution in [3.63, 3.8) is 0 Å². The topological polar surface area (TPSA) is 37.4 Å². The van der Waals surface area contributed by atoms with Crippen molar-refractivity contribution >= 4 is 0 Å². The summed E-state index contributed by atoms with van der Waals surface area (Å²) in [6.07, 6.45) is 4.85. The van der Waals surface area contributed by atoms with Gasteiger partial charge in [-0.3, -0.25) is 9.80 Å². The van der Waals surface area contributed by atoms with Crippen molar-refractivity contribution in [3.8, 4) is 0 Å². The van der Waals surface area contributed by atoms with Gasteiger partial charge in [-0.05, 0) is 12.1 Å². The molecule has 0 N–H and O–H groups in total. The summed E-state index contributed by atoms with van der Waals surface area (Å²) >= 11 is 0. The summed E-state index contributed by atoms with van der Waals surface area (Å²) in [5.74, 6) is 3.31. The highest BCUT2D eigenvalue weighted by Crippen LogP contribution is 2.13. The van der Waals surface area contributed by atoms with Crippen molar-refractivity contribution in [1.29, 1.82) is 0 Å². The second-order valence-electron chi connectivity index (χ2n) is 5.73. The van der Waals surface area contributed by atoms with Gasteiger partial charge in [0.05, 0.1) is 13.1 Å². The van der Waals surface area contributed by atoms with E-state index in [2.05, 4.69) is 45.5 Å². The average molecular weight is 288 g/mol. The molecule has 0 atom stereocenters. The first kappa shape index (κ1) is 14.4. The van der Waals surface area contributed by atoms with E-state index in [-0.39, 0.29) is 0 Å². The van der Waals surface area contributed by atoms with Crippen molar-refractivity contribution in [2.24, 2.45) is 7.05 Å². The Hall–Kier alpha value is -1.59. The largest absolute Gasteiger partial charge is 0.465 e. The molecule has 1 fully saturated rings. The molecule has 0 amide bonds. The maximum Gasteiger partial charge on any atom is 0.122 e. The first-order chi connectivity index (χ1) is 10.2. The first-order valence-electron chi connectivity index (χ1n) is 7.73. The minimum absolute atomic E-state index is 0.927. The van der Waals surface area contributed by atoms with Crippen LogP contribution in [0.1, 0.15) is 24.3 Å². The number of aryl methyl sites for hydroxylation is 2. The quantitative estimate of drug-likeness (QED) is 0.842. The van der Waals surface area contributed by atoms with Crippen LogP contribution in [0, 0.1) is 0 Å². The highest BCUT2D eigenvalue weighted by Gasteiger charge is 2.19. The Bertz CT molecular complexity index is 566. The number of nitrogens with zero attached hydrogens (tertiary/aromatic N) is 4. The fraction of sp³-hybridized carbons (Fsp3) is 0.562. The van der Waals surface area contributed by atoms with E-state index in [9.17, 15) is 0 Å². The van der Waals surface area contributed by atoms with E-state index in [0.717, 1.165) is 63.0 Å². The van der Waals surface area contributed by atoms with Crippen LogP contribution in [-0.2, 0) is 26.6 Å². The lowest BCUT2D eigenvalue weighted by molar-refractivity contribution is 0.113. The van der Waals surface area contributed by atoms with E-state index in [1.807, 2.05) is 12.4 Å². The minimum Gasteiger partial charge on any atom is -0.465 e. The Balaban J connectivity index is 1.47. The second-order valence-corrected chi connectivity index (χ2v) is 5.73. The Morgan fingerprint density at radius 1 is 1.05 bits per heavy atom. The minimum atomic E-state index is 0.927. The molecule has 0 saturated carbocycles. The zero-order valence-corrected chi connectivity index (χ0v) is 13.0. The van der Waals surface area contributed by atoms with Crippen LogP contribution in [-0.4, -0.2) is 45.5 Å². The number of rotatable bonds is 5. The molecule has 0 unspecified atom stereocenters. The molecule has 0 spiro atoms. The van der Waals surface area contributed by atoms with Crippen LogP contribution in [0.3, 0.4) is 0 Å². The summed E-state index contributed by atoms with van der Waals surface area (Å²) in [5.41, 5.74) is 0. The van der Waals surface area contributed by atoms with Gasteiger partial charge in [0.2, 0.25) is 0 Å². The summed E-state index contributed by atoms with van der Waals surface area (Å²) in [6, 6.07) is 4.20. The summed E-state index contributed by atoms with van der Waals surface area (Å²) in [6.45, 7) is 8.36. The van der Waals surface area contributed by atoms with Crippen molar-refractivity contribution in [2.45, 2.75) is 26.4 Å². The summed E-state index contributed by atoms with van der Waals surface area (Å²) in [7, 11) is 2.06. The molecule has 1 aliphatic rings. The SMILES string of the molecule is CCc1ccc(CN2CCN(Cc3nccn3C)CC2)o1. The number of hydrogen-bond donors (Lipinski definition) is 0. The molecular formula is C16H24N4O. The third kappa shape index (κ3) is 3.54. The lowest BCUT2D eigenvalue weighted by Gasteiger charge is -2.33. The number of imidazole rings is 1. The van der Waals surface area contributed by atoms with Crippen LogP contribution in [0.5, 0.6) is 0 Å². The van der Waals surface area contributed by atoms with Gasteiger partial charge < -0.3 is 8.98 Å². The van der Waals surface area contributed by atoms with Crippen LogP contribution in [0.4, 0.5) is 0 Å². The lowest BCUT2D eigenvalue weighted by Crippen LogP contribution is -2.45. The monoisotopic (exact) mass is 288 g/mol. The van der Waals surface area contributed by atoms with Crippen molar-refractivity contribution in [2.75, 3.05) is 26.2 Å². The summed E-state index contributed by atoms with van der Waals surface area (Å²) in [5, 5.41) is 0. The Kier molecular flexibility index (Phi) is 4.41. The molecule has 5 heteroatoms. The molecular weight excluding hydrogens is 264 g/mol. The second kappa shape index (κ2) is 6.45. The molecule has 3 rings (SSSR count). The normalized spacial score (nSPS) is 17.4. The number of hydrogen-bond acceptors (Lipinski definition) is 4. The Labute approximate surface area is 126 Å². The number of furan rings is 1. The molecule has 114 valence electrons. The van der Waals surface area contributed by atoms with Gasteiger partial charge in [0.15, 0.2) is 0 Å². The summed E-state index contributed by atoms with van der Waals surface area (Å²) in [4.78, 5) is 9.34.